The minimum absolute atomic E-state index is 0.0634. The van der Waals surface area contributed by atoms with Crippen LogP contribution in [0.1, 0.15) is 34.3 Å². The lowest BCUT2D eigenvalue weighted by molar-refractivity contribution is -0.192. The number of carbonyl (C=O) groups excluding carboxylic acids is 1. The van der Waals surface area contributed by atoms with Crippen molar-refractivity contribution in [1.82, 2.24) is 14.5 Å². The molecule has 1 aliphatic heterocycles. The van der Waals surface area contributed by atoms with E-state index < -0.39 is 22.2 Å². The monoisotopic (exact) mass is 543 g/mol. The van der Waals surface area contributed by atoms with Crippen LogP contribution in [0.25, 0.3) is 0 Å². The summed E-state index contributed by atoms with van der Waals surface area (Å²) in [6.07, 6.45) is -5.08. The van der Waals surface area contributed by atoms with Crippen LogP contribution in [0.2, 0.25) is 0 Å². The average Bonchev–Trinajstić information content (AvgIpc) is 2.87. The molecule has 0 saturated carbocycles. The first-order valence-corrected chi connectivity index (χ1v) is 13.3. The van der Waals surface area contributed by atoms with Gasteiger partial charge in [-0.05, 0) is 30.5 Å². The Morgan fingerprint density at radius 3 is 2.11 bits per heavy atom. The highest BCUT2D eigenvalue weighted by Gasteiger charge is 2.38. The second kappa shape index (κ2) is 13.5. The molecule has 2 N–H and O–H groups in total. The van der Waals surface area contributed by atoms with Gasteiger partial charge in [-0.1, -0.05) is 55.0 Å². The number of hydrogen-bond acceptors (Lipinski definition) is 5. The second-order valence-electron chi connectivity index (χ2n) is 8.70. The number of hydrogen-bond donors (Lipinski definition) is 2. The highest BCUT2D eigenvalue weighted by molar-refractivity contribution is 7.89. The molecule has 1 saturated heterocycles. The summed E-state index contributed by atoms with van der Waals surface area (Å²) in [5.41, 5.74) is 2.79. The van der Waals surface area contributed by atoms with Crippen LogP contribution >= 0.6 is 0 Å². The van der Waals surface area contributed by atoms with E-state index in [0.717, 1.165) is 11.1 Å². The lowest BCUT2D eigenvalue weighted by atomic mass is 10.0. The molecule has 2 aromatic rings. The maximum atomic E-state index is 13.2. The lowest BCUT2D eigenvalue weighted by Crippen LogP contribution is -2.48. The highest BCUT2D eigenvalue weighted by Crippen LogP contribution is 2.18. The number of piperazine rings is 1. The van der Waals surface area contributed by atoms with Gasteiger partial charge < -0.3 is 15.3 Å². The van der Waals surface area contributed by atoms with E-state index in [-0.39, 0.29) is 24.1 Å². The van der Waals surface area contributed by atoms with Crippen molar-refractivity contribution in [2.75, 3.05) is 45.0 Å². The van der Waals surface area contributed by atoms with Gasteiger partial charge in [-0.2, -0.15) is 17.5 Å². The Morgan fingerprint density at radius 2 is 1.59 bits per heavy atom. The number of alkyl halides is 3. The number of carbonyl (C=O) groups is 2. The predicted octanol–water partition coefficient (Wildman–Crippen LogP) is 3.11. The molecule has 1 heterocycles. The van der Waals surface area contributed by atoms with E-state index in [1.165, 1.54) is 4.31 Å². The third-order valence-corrected chi connectivity index (χ3v) is 7.63. The summed E-state index contributed by atoms with van der Waals surface area (Å²) < 4.78 is 58.9. The zero-order chi connectivity index (χ0) is 27.6. The smallest absolute Gasteiger partial charge is 0.475 e. The van der Waals surface area contributed by atoms with Crippen LogP contribution < -0.4 is 5.32 Å². The topological polar surface area (TPSA) is 107 Å². The fraction of sp³-hybridized carbons (Fsp3) is 0.440. The SMILES string of the molecule is Cc1ccc(C(=O)N(CCS(=O)(=O)N2CCNCC2)CC(C)c2ccccc2)cc1.O=C(O)C(F)(F)F. The van der Waals surface area contributed by atoms with Crippen molar-refractivity contribution >= 4 is 21.9 Å². The van der Waals surface area contributed by atoms with Gasteiger partial charge in [0.2, 0.25) is 10.0 Å². The molecule has 8 nitrogen and oxygen atoms in total. The third-order valence-electron chi connectivity index (χ3n) is 5.78. The quantitative estimate of drug-likeness (QED) is 0.530. The van der Waals surface area contributed by atoms with Gasteiger partial charge in [-0.15, -0.1) is 0 Å². The van der Waals surface area contributed by atoms with E-state index in [1.807, 2.05) is 61.5 Å². The van der Waals surface area contributed by atoms with Crippen molar-refractivity contribution in [2.24, 2.45) is 0 Å². The Balaban J connectivity index is 0.000000604. The van der Waals surface area contributed by atoms with Crippen LogP contribution in [0, 0.1) is 6.92 Å². The normalized spacial score (nSPS) is 15.3. The number of halogens is 3. The summed E-state index contributed by atoms with van der Waals surface area (Å²) in [6, 6.07) is 17.4. The average molecular weight is 544 g/mol. The van der Waals surface area contributed by atoms with Crippen LogP contribution in [-0.4, -0.2) is 85.8 Å². The van der Waals surface area contributed by atoms with Gasteiger partial charge in [0.25, 0.3) is 5.91 Å². The fourth-order valence-corrected chi connectivity index (χ4v) is 5.10. The van der Waals surface area contributed by atoms with Crippen molar-refractivity contribution in [3.05, 3.63) is 71.3 Å². The molecule has 1 fully saturated rings. The Hall–Kier alpha value is -2.96. The van der Waals surface area contributed by atoms with Crippen LogP contribution in [0.3, 0.4) is 0 Å². The largest absolute Gasteiger partial charge is 0.490 e. The number of aliphatic carboxylic acids is 1. The second-order valence-corrected chi connectivity index (χ2v) is 10.8. The molecule has 3 rings (SSSR count). The molecular weight excluding hydrogens is 511 g/mol. The summed E-state index contributed by atoms with van der Waals surface area (Å²) in [7, 11) is -3.40. The Labute approximate surface area is 215 Å². The van der Waals surface area contributed by atoms with Crippen molar-refractivity contribution in [1.29, 1.82) is 0 Å². The van der Waals surface area contributed by atoms with E-state index in [0.29, 0.717) is 38.3 Å². The van der Waals surface area contributed by atoms with Gasteiger partial charge in [-0.3, -0.25) is 4.79 Å². The van der Waals surface area contributed by atoms with E-state index in [1.54, 1.807) is 4.90 Å². The van der Waals surface area contributed by atoms with Gasteiger partial charge >= 0.3 is 12.1 Å². The molecule has 1 aliphatic rings. The summed E-state index contributed by atoms with van der Waals surface area (Å²) in [4.78, 5) is 23.8. The number of rotatable bonds is 8. The molecule has 0 aliphatic carbocycles. The van der Waals surface area contributed by atoms with Crippen LogP contribution in [0.5, 0.6) is 0 Å². The first-order valence-electron chi connectivity index (χ1n) is 11.7. The van der Waals surface area contributed by atoms with Crippen LogP contribution in [-0.2, 0) is 14.8 Å². The molecule has 0 radical (unpaired) electrons. The van der Waals surface area contributed by atoms with Crippen molar-refractivity contribution in [3.63, 3.8) is 0 Å². The standard InChI is InChI=1S/C23H31N3O3S.C2HF3O2/c1-19-8-10-22(11-9-19)23(27)25(18-20(2)21-6-4-3-5-7-21)16-17-30(28,29)26-14-12-24-13-15-26;3-2(4,5)1(6)7/h3-11,20,24H,12-18H2,1-2H3;(H,6,7). The molecule has 1 unspecified atom stereocenters. The minimum Gasteiger partial charge on any atom is -0.475 e. The van der Waals surface area contributed by atoms with Crippen molar-refractivity contribution in [2.45, 2.75) is 25.9 Å². The number of nitrogens with one attached hydrogen (secondary N) is 1. The Kier molecular flexibility index (Phi) is 11.1. The zero-order valence-corrected chi connectivity index (χ0v) is 21.6. The lowest BCUT2D eigenvalue weighted by Gasteiger charge is -2.30. The van der Waals surface area contributed by atoms with Gasteiger partial charge in [0.1, 0.15) is 0 Å². The first-order chi connectivity index (χ1) is 17.3. The minimum atomic E-state index is -5.08. The van der Waals surface area contributed by atoms with E-state index >= 15 is 0 Å². The number of benzene rings is 2. The molecule has 0 bridgehead atoms. The zero-order valence-electron chi connectivity index (χ0n) is 20.7. The molecule has 204 valence electrons. The summed E-state index contributed by atoms with van der Waals surface area (Å²) in [6.45, 7) is 6.97. The van der Waals surface area contributed by atoms with Gasteiger partial charge in [-0.25, -0.2) is 13.2 Å². The van der Waals surface area contributed by atoms with Crippen LogP contribution in [0.15, 0.2) is 54.6 Å². The summed E-state index contributed by atoms with van der Waals surface area (Å²) >= 11 is 0. The first kappa shape index (κ1) is 30.3. The highest BCUT2D eigenvalue weighted by atomic mass is 32.2. The molecular formula is C25H32F3N3O5S. The number of carboxylic acids is 1. The van der Waals surface area contributed by atoms with E-state index in [9.17, 15) is 26.4 Å². The molecule has 2 aromatic carbocycles. The molecule has 12 heteroatoms. The van der Waals surface area contributed by atoms with Gasteiger partial charge in [0, 0.05) is 44.8 Å². The van der Waals surface area contributed by atoms with E-state index in [2.05, 4.69) is 12.2 Å². The molecule has 0 spiro atoms. The Morgan fingerprint density at radius 1 is 1.05 bits per heavy atom. The van der Waals surface area contributed by atoms with E-state index in [4.69, 9.17) is 9.90 Å². The van der Waals surface area contributed by atoms with Gasteiger partial charge in [0.05, 0.1) is 5.75 Å². The summed E-state index contributed by atoms with van der Waals surface area (Å²) in [5, 5.41) is 10.3. The number of aryl methyl sites for hydroxylation is 1. The fourth-order valence-electron chi connectivity index (χ4n) is 3.65. The molecule has 37 heavy (non-hydrogen) atoms. The number of sulfonamides is 1. The maximum absolute atomic E-state index is 13.2. The maximum Gasteiger partial charge on any atom is 0.490 e. The molecule has 1 amide bonds. The Bertz CT molecular complexity index is 1120. The third kappa shape index (κ3) is 9.78. The number of amides is 1. The number of carboxylic acid groups (broad SMARTS) is 1. The van der Waals surface area contributed by atoms with Gasteiger partial charge in [0.15, 0.2) is 0 Å². The molecule has 0 aromatic heterocycles. The van der Waals surface area contributed by atoms with Crippen molar-refractivity contribution < 1.29 is 36.3 Å². The predicted molar refractivity (Wildman–Crippen MR) is 134 cm³/mol. The summed E-state index contributed by atoms with van der Waals surface area (Å²) in [5.74, 6) is -2.85. The molecule has 1 atom stereocenters. The number of nitrogens with zero attached hydrogens (tertiary/aromatic N) is 2. The van der Waals surface area contributed by atoms with Crippen LogP contribution in [0.4, 0.5) is 13.2 Å². The van der Waals surface area contributed by atoms with Crippen molar-refractivity contribution in [3.8, 4) is 0 Å².